The molecule has 0 fully saturated rings. The van der Waals surface area contributed by atoms with Crippen LogP contribution in [0.3, 0.4) is 0 Å². The number of nitrogens with zero attached hydrogens (tertiary/aromatic N) is 1. The van der Waals surface area contributed by atoms with E-state index in [-0.39, 0.29) is 12.5 Å². The van der Waals surface area contributed by atoms with Gasteiger partial charge in [-0.2, -0.15) is 0 Å². The number of carboxylic acids is 1. The molecule has 8 heteroatoms. The summed E-state index contributed by atoms with van der Waals surface area (Å²) in [6.45, 7) is 3.99. The van der Waals surface area contributed by atoms with Gasteiger partial charge in [-0.15, -0.1) is 11.3 Å². The van der Waals surface area contributed by atoms with Gasteiger partial charge < -0.3 is 14.7 Å². The summed E-state index contributed by atoms with van der Waals surface area (Å²) in [6, 6.07) is 9.32. The molecule has 2 N–H and O–H groups in total. The molecule has 0 radical (unpaired) electrons. The number of aliphatic carboxylic acids is 1. The average Bonchev–Trinajstić information content (AvgIpc) is 3.24. The zero-order valence-corrected chi connectivity index (χ0v) is 18.6. The van der Waals surface area contributed by atoms with Crippen molar-refractivity contribution in [3.05, 3.63) is 57.8 Å². The number of benzene rings is 1. The van der Waals surface area contributed by atoms with Crippen LogP contribution in [0.2, 0.25) is 0 Å². The standard InChI is InChI=1S/C23H28N2O5S/c1-3-30-23(29)18(10-9-16-7-5-4-6-8-16)24-15(2)21(26)25-13-11-17-12-14-31-20(17)19(25)22(27)28/h4-8,12,14-15,18-19,24H,3,9-11,13H2,1-2H3,(H,27,28)/t15-,18?,19?/m0/s1. The minimum atomic E-state index is -1.05. The zero-order valence-electron chi connectivity index (χ0n) is 17.7. The molecule has 1 amide bonds. The molecule has 7 nitrogen and oxygen atoms in total. The van der Waals surface area contributed by atoms with E-state index in [1.807, 2.05) is 41.8 Å². The summed E-state index contributed by atoms with van der Waals surface area (Å²) in [5.41, 5.74) is 2.07. The van der Waals surface area contributed by atoms with Crippen molar-refractivity contribution >= 4 is 29.2 Å². The molecular weight excluding hydrogens is 416 g/mol. The quantitative estimate of drug-likeness (QED) is 0.578. The number of amides is 1. The van der Waals surface area contributed by atoms with E-state index < -0.39 is 30.1 Å². The van der Waals surface area contributed by atoms with Gasteiger partial charge in [-0.05, 0) is 55.7 Å². The number of carbonyl (C=O) groups excluding carboxylic acids is 2. The van der Waals surface area contributed by atoms with Crippen LogP contribution in [0, 0.1) is 0 Å². The zero-order chi connectivity index (χ0) is 22.4. The Morgan fingerprint density at radius 1 is 1.26 bits per heavy atom. The van der Waals surface area contributed by atoms with Crippen molar-refractivity contribution in [2.45, 2.75) is 51.2 Å². The number of ether oxygens (including phenoxy) is 1. The van der Waals surface area contributed by atoms with Gasteiger partial charge in [-0.25, -0.2) is 4.79 Å². The summed E-state index contributed by atoms with van der Waals surface area (Å²) in [6.07, 6.45) is 1.74. The smallest absolute Gasteiger partial charge is 0.331 e. The highest BCUT2D eigenvalue weighted by molar-refractivity contribution is 7.10. The van der Waals surface area contributed by atoms with Crippen LogP contribution in [0.1, 0.15) is 42.3 Å². The van der Waals surface area contributed by atoms with Crippen molar-refractivity contribution in [2.75, 3.05) is 13.2 Å². The number of hydrogen-bond donors (Lipinski definition) is 2. The molecule has 1 aromatic carbocycles. The first-order valence-electron chi connectivity index (χ1n) is 10.5. The lowest BCUT2D eigenvalue weighted by molar-refractivity contribution is -0.152. The Hall–Kier alpha value is -2.71. The first-order valence-corrected chi connectivity index (χ1v) is 11.4. The Balaban J connectivity index is 1.71. The predicted octanol–water partition coefficient (Wildman–Crippen LogP) is 2.80. The highest BCUT2D eigenvalue weighted by atomic mass is 32.1. The maximum atomic E-state index is 13.2. The second-order valence-electron chi connectivity index (χ2n) is 7.55. The van der Waals surface area contributed by atoms with Crippen molar-refractivity contribution in [3.8, 4) is 0 Å². The van der Waals surface area contributed by atoms with Crippen LogP contribution in [0.25, 0.3) is 0 Å². The Bertz CT molecular complexity index is 914. The molecule has 0 aliphatic carbocycles. The molecule has 166 valence electrons. The molecular formula is C23H28N2O5S. The molecule has 31 heavy (non-hydrogen) atoms. The number of carboxylic acid groups (broad SMARTS) is 1. The topological polar surface area (TPSA) is 95.9 Å². The third-order valence-corrected chi connectivity index (χ3v) is 6.45. The molecule has 0 saturated carbocycles. The van der Waals surface area contributed by atoms with Gasteiger partial charge in [0.15, 0.2) is 6.04 Å². The fourth-order valence-electron chi connectivity index (χ4n) is 3.88. The largest absolute Gasteiger partial charge is 0.479 e. The lowest BCUT2D eigenvalue weighted by atomic mass is 10.00. The normalized spacial score (nSPS) is 17.5. The first-order chi connectivity index (χ1) is 14.9. The molecule has 1 aliphatic heterocycles. The molecule has 1 aromatic heterocycles. The van der Waals surface area contributed by atoms with Gasteiger partial charge in [0, 0.05) is 11.4 Å². The highest BCUT2D eigenvalue weighted by Crippen LogP contribution is 2.34. The van der Waals surface area contributed by atoms with Crippen LogP contribution in [0.4, 0.5) is 0 Å². The van der Waals surface area contributed by atoms with E-state index in [1.54, 1.807) is 13.8 Å². The van der Waals surface area contributed by atoms with Gasteiger partial charge in [0.25, 0.3) is 0 Å². The van der Waals surface area contributed by atoms with Gasteiger partial charge in [0.2, 0.25) is 5.91 Å². The van der Waals surface area contributed by atoms with E-state index in [4.69, 9.17) is 4.74 Å². The number of hydrogen-bond acceptors (Lipinski definition) is 6. The second-order valence-corrected chi connectivity index (χ2v) is 8.50. The predicted molar refractivity (Wildman–Crippen MR) is 118 cm³/mol. The van der Waals surface area contributed by atoms with Crippen molar-refractivity contribution < 1.29 is 24.2 Å². The minimum Gasteiger partial charge on any atom is -0.479 e. The summed E-state index contributed by atoms with van der Waals surface area (Å²) in [4.78, 5) is 39.7. The molecule has 1 aliphatic rings. The molecule has 0 bridgehead atoms. The second kappa shape index (κ2) is 10.5. The summed E-state index contributed by atoms with van der Waals surface area (Å²) in [5.74, 6) is -1.79. The average molecular weight is 445 g/mol. The van der Waals surface area contributed by atoms with Crippen LogP contribution in [0.15, 0.2) is 41.8 Å². The van der Waals surface area contributed by atoms with E-state index in [9.17, 15) is 19.5 Å². The fraction of sp³-hybridized carbons (Fsp3) is 0.435. The molecule has 3 rings (SSSR count). The van der Waals surface area contributed by atoms with Crippen molar-refractivity contribution in [1.82, 2.24) is 10.2 Å². The Morgan fingerprint density at radius 3 is 2.68 bits per heavy atom. The van der Waals surface area contributed by atoms with Crippen LogP contribution in [0.5, 0.6) is 0 Å². The molecule has 0 saturated heterocycles. The van der Waals surface area contributed by atoms with Crippen molar-refractivity contribution in [3.63, 3.8) is 0 Å². The SMILES string of the molecule is CCOC(=O)C(CCc1ccccc1)N[C@@H](C)C(=O)N1CCc2ccsc2C1C(=O)O. The Labute approximate surface area is 186 Å². The van der Waals surface area contributed by atoms with E-state index >= 15 is 0 Å². The van der Waals surface area contributed by atoms with Gasteiger partial charge in [-0.3, -0.25) is 14.9 Å². The monoisotopic (exact) mass is 444 g/mol. The lowest BCUT2D eigenvalue weighted by Crippen LogP contribution is -2.54. The van der Waals surface area contributed by atoms with Crippen molar-refractivity contribution in [1.29, 1.82) is 0 Å². The fourth-order valence-corrected chi connectivity index (χ4v) is 4.94. The van der Waals surface area contributed by atoms with E-state index in [0.29, 0.717) is 30.7 Å². The van der Waals surface area contributed by atoms with E-state index in [0.717, 1.165) is 11.1 Å². The number of rotatable bonds is 9. The highest BCUT2D eigenvalue weighted by Gasteiger charge is 2.39. The molecule has 2 heterocycles. The third-order valence-electron chi connectivity index (χ3n) is 5.44. The Kier molecular flexibility index (Phi) is 7.81. The number of fused-ring (bicyclic) bond motifs is 1. The van der Waals surface area contributed by atoms with Crippen LogP contribution in [-0.4, -0.2) is 53.1 Å². The number of nitrogens with one attached hydrogen (secondary N) is 1. The van der Waals surface area contributed by atoms with Crippen LogP contribution in [-0.2, 0) is 32.0 Å². The number of aryl methyl sites for hydroxylation is 1. The van der Waals surface area contributed by atoms with Gasteiger partial charge in [0.05, 0.1) is 12.6 Å². The first kappa shape index (κ1) is 23.0. The maximum Gasteiger partial charge on any atom is 0.331 e. The summed E-state index contributed by atoms with van der Waals surface area (Å²) >= 11 is 1.36. The maximum absolute atomic E-state index is 13.2. The molecule has 0 spiro atoms. The van der Waals surface area contributed by atoms with Gasteiger partial charge in [-0.1, -0.05) is 30.3 Å². The molecule has 2 unspecified atom stereocenters. The van der Waals surface area contributed by atoms with Gasteiger partial charge in [0.1, 0.15) is 6.04 Å². The van der Waals surface area contributed by atoms with Crippen LogP contribution < -0.4 is 5.32 Å². The summed E-state index contributed by atoms with van der Waals surface area (Å²) in [5, 5.41) is 14.7. The third kappa shape index (κ3) is 5.51. The summed E-state index contributed by atoms with van der Waals surface area (Å²) < 4.78 is 5.20. The number of thiophene rings is 1. The lowest BCUT2D eigenvalue weighted by Gasteiger charge is -2.35. The van der Waals surface area contributed by atoms with Crippen molar-refractivity contribution in [2.24, 2.45) is 0 Å². The summed E-state index contributed by atoms with van der Waals surface area (Å²) in [7, 11) is 0. The van der Waals surface area contributed by atoms with E-state index in [1.165, 1.54) is 16.2 Å². The van der Waals surface area contributed by atoms with Crippen LogP contribution >= 0.6 is 11.3 Å². The van der Waals surface area contributed by atoms with E-state index in [2.05, 4.69) is 5.32 Å². The molecule has 3 atom stereocenters. The van der Waals surface area contributed by atoms with Gasteiger partial charge >= 0.3 is 11.9 Å². The molecule has 2 aromatic rings. The minimum absolute atomic E-state index is 0.249. The number of carbonyl (C=O) groups is 3. The number of esters is 1. The Morgan fingerprint density at radius 2 is 2.00 bits per heavy atom.